The lowest BCUT2D eigenvalue weighted by Gasteiger charge is -2.05. The topological polar surface area (TPSA) is 94.4 Å². The molecule has 154 valence electrons. The predicted octanol–water partition coefficient (Wildman–Crippen LogP) is 5.40. The van der Waals surface area contributed by atoms with Crippen molar-refractivity contribution in [2.75, 3.05) is 11.9 Å². The Morgan fingerprint density at radius 2 is 1.55 bits per heavy atom. The van der Waals surface area contributed by atoms with Gasteiger partial charge in [0.25, 0.3) is 11.6 Å². The minimum absolute atomic E-state index is 0.0403. The minimum atomic E-state index is -0.492. The van der Waals surface area contributed by atoms with E-state index in [0.29, 0.717) is 10.9 Å². The molecule has 0 saturated heterocycles. The number of hydrogen-bond donors (Lipinski definition) is 1. The quantitative estimate of drug-likeness (QED) is 0.312. The van der Waals surface area contributed by atoms with Gasteiger partial charge in [-0.2, -0.15) is 0 Å². The van der Waals surface area contributed by atoms with Crippen LogP contribution in [-0.2, 0) is 4.79 Å². The lowest BCUT2D eigenvalue weighted by atomic mass is 10.1. The molecule has 4 rings (SSSR count). The van der Waals surface area contributed by atoms with E-state index in [0.717, 1.165) is 21.7 Å². The van der Waals surface area contributed by atoms with Crippen molar-refractivity contribution in [2.45, 2.75) is 0 Å². The summed E-state index contributed by atoms with van der Waals surface area (Å²) in [5.74, 6) is 0.00108. The maximum Gasteiger partial charge on any atom is 0.269 e. The first-order valence-corrected chi connectivity index (χ1v) is 10.2. The van der Waals surface area contributed by atoms with Gasteiger partial charge in [-0.05, 0) is 17.7 Å². The highest BCUT2D eigenvalue weighted by molar-refractivity contribution is 7.19. The summed E-state index contributed by atoms with van der Waals surface area (Å²) in [5, 5.41) is 14.0. The van der Waals surface area contributed by atoms with E-state index in [1.807, 2.05) is 60.7 Å². The molecule has 1 aromatic heterocycles. The van der Waals surface area contributed by atoms with Gasteiger partial charge in [0, 0.05) is 17.7 Å². The Labute approximate surface area is 182 Å². The van der Waals surface area contributed by atoms with Gasteiger partial charge in [-0.15, -0.1) is 0 Å². The maximum atomic E-state index is 12.4. The first-order valence-electron chi connectivity index (χ1n) is 9.39. The van der Waals surface area contributed by atoms with Gasteiger partial charge in [-0.3, -0.25) is 20.2 Å². The molecule has 0 fully saturated rings. The highest BCUT2D eigenvalue weighted by Gasteiger charge is 2.16. The Morgan fingerprint density at radius 1 is 0.935 bits per heavy atom. The van der Waals surface area contributed by atoms with Gasteiger partial charge >= 0.3 is 0 Å². The van der Waals surface area contributed by atoms with Crippen LogP contribution in [0.4, 0.5) is 10.8 Å². The second-order valence-corrected chi connectivity index (χ2v) is 7.52. The number of non-ortho nitro benzene ring substituents is 1. The van der Waals surface area contributed by atoms with Gasteiger partial charge in [0.2, 0.25) is 0 Å². The fourth-order valence-corrected chi connectivity index (χ4v) is 3.93. The van der Waals surface area contributed by atoms with E-state index < -0.39 is 4.92 Å². The number of carbonyl (C=O) groups is 1. The predicted molar refractivity (Wildman–Crippen MR) is 120 cm³/mol. The van der Waals surface area contributed by atoms with E-state index in [4.69, 9.17) is 4.74 Å². The van der Waals surface area contributed by atoms with Crippen LogP contribution >= 0.6 is 11.3 Å². The number of thiazole rings is 1. The zero-order chi connectivity index (χ0) is 21.6. The number of rotatable bonds is 7. The Morgan fingerprint density at radius 3 is 2.16 bits per heavy atom. The number of benzene rings is 3. The summed E-state index contributed by atoms with van der Waals surface area (Å²) in [5.41, 5.74) is 2.73. The van der Waals surface area contributed by atoms with Gasteiger partial charge in [0.15, 0.2) is 11.7 Å². The van der Waals surface area contributed by atoms with Crippen molar-refractivity contribution in [3.8, 4) is 27.4 Å². The van der Waals surface area contributed by atoms with Crippen LogP contribution in [0.15, 0.2) is 84.9 Å². The van der Waals surface area contributed by atoms with Crippen LogP contribution in [0.2, 0.25) is 0 Å². The maximum absolute atomic E-state index is 12.4. The molecule has 0 radical (unpaired) electrons. The summed E-state index contributed by atoms with van der Waals surface area (Å²) in [6, 6.07) is 25.2. The molecular formula is C23H17N3O4S. The number of anilines is 1. The third-order valence-electron chi connectivity index (χ3n) is 4.37. The summed E-state index contributed by atoms with van der Waals surface area (Å²) < 4.78 is 5.42. The highest BCUT2D eigenvalue weighted by Crippen LogP contribution is 2.38. The van der Waals surface area contributed by atoms with Crippen LogP contribution in [-0.4, -0.2) is 22.4 Å². The number of nitro groups is 1. The Balaban J connectivity index is 1.50. The van der Waals surface area contributed by atoms with Crippen molar-refractivity contribution in [3.63, 3.8) is 0 Å². The first-order chi connectivity index (χ1) is 15.1. The van der Waals surface area contributed by atoms with Crippen LogP contribution in [0.5, 0.6) is 5.75 Å². The normalized spacial score (nSPS) is 10.5. The fourth-order valence-electron chi connectivity index (χ4n) is 2.92. The van der Waals surface area contributed by atoms with Gasteiger partial charge < -0.3 is 4.74 Å². The average molecular weight is 431 g/mol. The lowest BCUT2D eigenvalue weighted by Crippen LogP contribution is -2.20. The summed E-state index contributed by atoms with van der Waals surface area (Å²) in [6.07, 6.45) is 0. The van der Waals surface area contributed by atoms with Crippen molar-refractivity contribution in [1.82, 2.24) is 4.98 Å². The number of aromatic nitrogens is 1. The van der Waals surface area contributed by atoms with Crippen LogP contribution in [0.25, 0.3) is 21.7 Å². The number of carbonyl (C=O) groups excluding carboxylic acids is 1. The molecule has 1 heterocycles. The van der Waals surface area contributed by atoms with Gasteiger partial charge in [0.05, 0.1) is 15.5 Å². The molecule has 0 aliphatic carbocycles. The Bertz CT molecular complexity index is 1140. The van der Waals surface area contributed by atoms with Crippen LogP contribution in [0, 0.1) is 10.1 Å². The molecule has 8 heteroatoms. The largest absolute Gasteiger partial charge is 0.484 e. The van der Waals surface area contributed by atoms with Gasteiger partial charge in [-0.1, -0.05) is 72.0 Å². The summed E-state index contributed by atoms with van der Waals surface area (Å²) in [6.45, 7) is -0.237. The van der Waals surface area contributed by atoms with Crippen LogP contribution in [0.1, 0.15) is 0 Å². The highest BCUT2D eigenvalue weighted by atomic mass is 32.1. The molecule has 7 nitrogen and oxygen atoms in total. The standard InChI is InChI=1S/C23H17N3O4S/c27-20(15-30-19-13-11-18(12-14-19)26(28)29)24-23-25-21(16-7-3-1-4-8-16)22(31-23)17-9-5-2-6-10-17/h1-14H,15H2,(H,24,25,27). The Hall–Kier alpha value is -4.04. The van der Waals surface area contributed by atoms with E-state index in [1.54, 1.807) is 0 Å². The Kier molecular flexibility index (Phi) is 6.00. The SMILES string of the molecule is O=C(COc1ccc([N+](=O)[O-])cc1)Nc1nc(-c2ccccc2)c(-c2ccccc2)s1. The minimum Gasteiger partial charge on any atom is -0.484 e. The second kappa shape index (κ2) is 9.19. The number of amides is 1. The molecule has 0 atom stereocenters. The summed E-state index contributed by atoms with van der Waals surface area (Å²) in [7, 11) is 0. The molecule has 1 N–H and O–H groups in total. The summed E-state index contributed by atoms with van der Waals surface area (Å²) in [4.78, 5) is 28.2. The van der Waals surface area contributed by atoms with E-state index >= 15 is 0 Å². The average Bonchev–Trinajstić information content (AvgIpc) is 3.23. The third-order valence-corrected chi connectivity index (χ3v) is 5.39. The molecule has 0 saturated carbocycles. The number of nitrogens with zero attached hydrogens (tertiary/aromatic N) is 2. The smallest absolute Gasteiger partial charge is 0.269 e. The van der Waals surface area contributed by atoms with E-state index in [1.165, 1.54) is 35.6 Å². The number of hydrogen-bond acceptors (Lipinski definition) is 6. The first kappa shape index (κ1) is 20.2. The van der Waals surface area contributed by atoms with Gasteiger partial charge in [-0.25, -0.2) is 4.98 Å². The number of nitro benzene ring substituents is 1. The zero-order valence-electron chi connectivity index (χ0n) is 16.2. The van der Waals surface area contributed by atoms with Crippen molar-refractivity contribution in [1.29, 1.82) is 0 Å². The van der Waals surface area contributed by atoms with Crippen molar-refractivity contribution in [2.24, 2.45) is 0 Å². The lowest BCUT2D eigenvalue weighted by molar-refractivity contribution is -0.384. The number of nitrogens with one attached hydrogen (secondary N) is 1. The molecule has 31 heavy (non-hydrogen) atoms. The van der Waals surface area contributed by atoms with E-state index in [-0.39, 0.29) is 18.2 Å². The zero-order valence-corrected chi connectivity index (χ0v) is 17.0. The molecule has 0 unspecified atom stereocenters. The monoisotopic (exact) mass is 431 g/mol. The molecule has 3 aromatic carbocycles. The van der Waals surface area contributed by atoms with Gasteiger partial charge in [0.1, 0.15) is 5.75 Å². The van der Waals surface area contributed by atoms with Crippen molar-refractivity contribution in [3.05, 3.63) is 95.0 Å². The van der Waals surface area contributed by atoms with Crippen molar-refractivity contribution >= 4 is 28.1 Å². The van der Waals surface area contributed by atoms with E-state index in [9.17, 15) is 14.9 Å². The second-order valence-electron chi connectivity index (χ2n) is 6.52. The molecule has 4 aromatic rings. The van der Waals surface area contributed by atoms with Crippen LogP contribution in [0.3, 0.4) is 0 Å². The molecule has 0 spiro atoms. The molecule has 0 bridgehead atoms. The van der Waals surface area contributed by atoms with Crippen LogP contribution < -0.4 is 10.1 Å². The summed E-state index contributed by atoms with van der Waals surface area (Å²) >= 11 is 1.39. The molecule has 0 aliphatic rings. The molecule has 0 aliphatic heterocycles. The van der Waals surface area contributed by atoms with E-state index in [2.05, 4.69) is 10.3 Å². The fraction of sp³-hybridized carbons (Fsp3) is 0.0435. The van der Waals surface area contributed by atoms with Crippen molar-refractivity contribution < 1.29 is 14.5 Å². The molecule has 1 amide bonds. The third kappa shape index (κ3) is 4.93. The molecular weight excluding hydrogens is 414 g/mol. The number of ether oxygens (including phenoxy) is 1.